The Hall–Kier alpha value is -2.71. The van der Waals surface area contributed by atoms with Gasteiger partial charge in [-0.2, -0.15) is 0 Å². The molecule has 0 radical (unpaired) electrons. The fourth-order valence-corrected chi connectivity index (χ4v) is 4.98. The number of carbonyl (C=O) groups is 1. The van der Waals surface area contributed by atoms with E-state index in [2.05, 4.69) is 9.88 Å². The molecule has 2 atom stereocenters. The van der Waals surface area contributed by atoms with E-state index in [-0.39, 0.29) is 23.9 Å². The van der Waals surface area contributed by atoms with Crippen LogP contribution in [0.5, 0.6) is 10.9 Å². The predicted octanol–water partition coefficient (Wildman–Crippen LogP) is 3.56. The van der Waals surface area contributed by atoms with E-state index in [0.717, 1.165) is 23.2 Å². The molecule has 28 heavy (non-hydrogen) atoms. The number of likely N-dealkylation sites (tertiary alicyclic amines) is 2. The number of rotatable bonds is 4. The first-order chi connectivity index (χ1) is 13.6. The summed E-state index contributed by atoms with van der Waals surface area (Å²) in [5.41, 5.74) is 6.89. The van der Waals surface area contributed by atoms with Crippen molar-refractivity contribution in [1.29, 1.82) is 0 Å². The van der Waals surface area contributed by atoms with Crippen LogP contribution in [0.15, 0.2) is 42.5 Å². The monoisotopic (exact) mass is 398 g/mol. The highest BCUT2D eigenvalue weighted by Gasteiger charge is 2.44. The number of hydrogen-bond donors (Lipinski definition) is 1. The van der Waals surface area contributed by atoms with Gasteiger partial charge in [-0.05, 0) is 24.6 Å². The quantitative estimate of drug-likeness (QED) is 0.729. The van der Waals surface area contributed by atoms with Crippen molar-refractivity contribution in [2.24, 2.45) is 5.73 Å². The fourth-order valence-electron chi connectivity index (χ4n) is 4.15. The molecule has 3 aromatic rings. The maximum absolute atomic E-state index is 14.6. The van der Waals surface area contributed by atoms with Gasteiger partial charge in [0.25, 0.3) is 5.19 Å². The Kier molecular flexibility index (Phi) is 4.17. The third-order valence-corrected chi connectivity index (χ3v) is 6.43. The molecule has 2 aromatic carbocycles. The molecule has 2 amide bonds. The van der Waals surface area contributed by atoms with Crippen molar-refractivity contribution in [2.75, 3.05) is 13.1 Å². The van der Waals surface area contributed by atoms with Crippen molar-refractivity contribution in [3.05, 3.63) is 53.8 Å². The molecule has 2 fully saturated rings. The SMILES string of the molecule is NC(=O)N1C[C@@H]2C[C@H]1CN2Cc1ccc(Oc2nc3ccccc3s2)cc1F. The summed E-state index contributed by atoms with van der Waals surface area (Å²) in [6.45, 7) is 1.87. The van der Waals surface area contributed by atoms with Crippen LogP contribution in [0.25, 0.3) is 10.2 Å². The lowest BCUT2D eigenvalue weighted by molar-refractivity contribution is 0.136. The van der Waals surface area contributed by atoms with Gasteiger partial charge in [0.1, 0.15) is 11.6 Å². The lowest BCUT2D eigenvalue weighted by Crippen LogP contribution is -2.50. The van der Waals surface area contributed by atoms with Gasteiger partial charge in [0, 0.05) is 43.3 Å². The molecule has 6 nitrogen and oxygen atoms in total. The molecule has 5 rings (SSSR count). The highest BCUT2D eigenvalue weighted by atomic mass is 32.1. The van der Waals surface area contributed by atoms with E-state index < -0.39 is 0 Å². The number of urea groups is 1. The molecular formula is C20H19FN4O2S. The molecule has 2 aliphatic rings. The van der Waals surface area contributed by atoms with Crippen LogP contribution in [0.3, 0.4) is 0 Å². The topological polar surface area (TPSA) is 71.7 Å². The van der Waals surface area contributed by atoms with Gasteiger partial charge in [-0.1, -0.05) is 29.5 Å². The molecule has 8 heteroatoms. The molecule has 1 aromatic heterocycles. The second-order valence-electron chi connectivity index (χ2n) is 7.27. The van der Waals surface area contributed by atoms with Crippen molar-refractivity contribution < 1.29 is 13.9 Å². The molecular weight excluding hydrogens is 379 g/mol. The van der Waals surface area contributed by atoms with Crippen LogP contribution in [0.2, 0.25) is 0 Å². The number of primary amides is 1. The minimum atomic E-state index is -0.366. The summed E-state index contributed by atoms with van der Waals surface area (Å²) in [5.74, 6) is 0.135. The molecule has 2 aliphatic heterocycles. The number of carbonyl (C=O) groups excluding carboxylic acids is 1. The number of hydrogen-bond acceptors (Lipinski definition) is 5. The Bertz CT molecular complexity index is 1020. The van der Waals surface area contributed by atoms with Crippen molar-refractivity contribution in [1.82, 2.24) is 14.8 Å². The lowest BCUT2D eigenvalue weighted by atomic mass is 10.1. The minimum Gasteiger partial charge on any atom is -0.431 e. The largest absolute Gasteiger partial charge is 0.431 e. The first-order valence-electron chi connectivity index (χ1n) is 9.19. The summed E-state index contributed by atoms with van der Waals surface area (Å²) < 4.78 is 21.4. The zero-order chi connectivity index (χ0) is 19.3. The molecule has 2 saturated heterocycles. The number of ether oxygens (including phenoxy) is 1. The van der Waals surface area contributed by atoms with Crippen LogP contribution in [0.4, 0.5) is 9.18 Å². The average Bonchev–Trinajstić information content (AvgIpc) is 3.36. The molecule has 0 spiro atoms. The van der Waals surface area contributed by atoms with Gasteiger partial charge in [-0.25, -0.2) is 14.2 Å². The van der Waals surface area contributed by atoms with Crippen LogP contribution in [-0.2, 0) is 6.54 Å². The second kappa shape index (κ2) is 6.72. The summed E-state index contributed by atoms with van der Waals surface area (Å²) in [7, 11) is 0. The number of amides is 2. The molecule has 0 saturated carbocycles. The van der Waals surface area contributed by atoms with Gasteiger partial charge < -0.3 is 15.4 Å². The van der Waals surface area contributed by atoms with E-state index in [1.165, 1.54) is 17.4 Å². The van der Waals surface area contributed by atoms with Crippen molar-refractivity contribution in [2.45, 2.75) is 25.0 Å². The number of aromatic nitrogens is 1. The zero-order valence-corrected chi connectivity index (χ0v) is 15.9. The van der Waals surface area contributed by atoms with Gasteiger partial charge in [0.2, 0.25) is 0 Å². The molecule has 144 valence electrons. The molecule has 2 N–H and O–H groups in total. The lowest BCUT2D eigenvalue weighted by Gasteiger charge is -2.33. The van der Waals surface area contributed by atoms with Crippen molar-refractivity contribution in [3.63, 3.8) is 0 Å². The number of nitrogens with two attached hydrogens (primary N) is 1. The summed E-state index contributed by atoms with van der Waals surface area (Å²) in [4.78, 5) is 19.8. The number of thiazole rings is 1. The third kappa shape index (κ3) is 3.08. The number of halogens is 1. The van der Waals surface area contributed by atoms with Gasteiger partial charge in [0.05, 0.1) is 10.2 Å². The van der Waals surface area contributed by atoms with Gasteiger partial charge in [0.15, 0.2) is 0 Å². The van der Waals surface area contributed by atoms with Gasteiger partial charge in [-0.15, -0.1) is 0 Å². The third-order valence-electron chi connectivity index (χ3n) is 5.51. The highest BCUT2D eigenvalue weighted by molar-refractivity contribution is 7.20. The molecule has 0 unspecified atom stereocenters. The Balaban J connectivity index is 1.27. The highest BCUT2D eigenvalue weighted by Crippen LogP contribution is 2.34. The smallest absolute Gasteiger partial charge is 0.315 e. The van der Waals surface area contributed by atoms with Crippen LogP contribution < -0.4 is 10.5 Å². The van der Waals surface area contributed by atoms with E-state index in [9.17, 15) is 9.18 Å². The van der Waals surface area contributed by atoms with E-state index in [0.29, 0.717) is 29.6 Å². The first kappa shape index (κ1) is 17.4. The second-order valence-corrected chi connectivity index (χ2v) is 8.26. The number of benzene rings is 2. The van der Waals surface area contributed by atoms with E-state index in [1.54, 1.807) is 17.0 Å². The molecule has 3 heterocycles. The predicted molar refractivity (Wildman–Crippen MR) is 105 cm³/mol. The Labute approximate surface area is 165 Å². The first-order valence-corrected chi connectivity index (χ1v) is 10.0. The van der Waals surface area contributed by atoms with Crippen molar-refractivity contribution >= 4 is 27.6 Å². The maximum Gasteiger partial charge on any atom is 0.315 e. The molecule has 0 aliphatic carbocycles. The maximum atomic E-state index is 14.6. The number of nitrogens with zero attached hydrogens (tertiary/aromatic N) is 3. The summed E-state index contributed by atoms with van der Waals surface area (Å²) in [6, 6.07) is 12.7. The van der Waals surface area contributed by atoms with Crippen LogP contribution in [0, 0.1) is 5.82 Å². The van der Waals surface area contributed by atoms with Crippen molar-refractivity contribution in [3.8, 4) is 10.9 Å². The Morgan fingerprint density at radius 1 is 1.25 bits per heavy atom. The summed E-state index contributed by atoms with van der Waals surface area (Å²) in [5, 5.41) is 0.497. The van der Waals surface area contributed by atoms with Gasteiger partial charge >= 0.3 is 6.03 Å². The van der Waals surface area contributed by atoms with E-state index in [4.69, 9.17) is 10.5 Å². The zero-order valence-electron chi connectivity index (χ0n) is 15.0. The Morgan fingerprint density at radius 2 is 2.11 bits per heavy atom. The number of fused-ring (bicyclic) bond motifs is 3. The van der Waals surface area contributed by atoms with Crippen LogP contribution >= 0.6 is 11.3 Å². The minimum absolute atomic E-state index is 0.146. The van der Waals surface area contributed by atoms with Gasteiger partial charge in [-0.3, -0.25) is 4.90 Å². The summed E-state index contributed by atoms with van der Waals surface area (Å²) in [6.07, 6.45) is 0.906. The fraction of sp³-hybridized carbons (Fsp3) is 0.300. The summed E-state index contributed by atoms with van der Waals surface area (Å²) >= 11 is 1.43. The normalized spacial score (nSPS) is 21.5. The molecule has 2 bridgehead atoms. The van der Waals surface area contributed by atoms with Crippen LogP contribution in [0.1, 0.15) is 12.0 Å². The Morgan fingerprint density at radius 3 is 2.82 bits per heavy atom. The van der Waals surface area contributed by atoms with E-state index >= 15 is 0 Å². The number of para-hydroxylation sites is 1. The standard InChI is InChI=1S/C20H19FN4O2S/c21-16-8-15(27-20-23-17-3-1-2-4-18(17)28-20)6-5-12(16)9-24-10-14-7-13(24)11-25(14)19(22)26/h1-6,8,13-14H,7,9-11H2,(H2,22,26)/t13-,14-/m0/s1. The van der Waals surface area contributed by atoms with Crippen LogP contribution in [-0.4, -0.2) is 46.0 Å². The average molecular weight is 398 g/mol. The van der Waals surface area contributed by atoms with E-state index in [1.807, 2.05) is 24.3 Å². The number of piperazine rings is 1.